The molecule has 154 valence electrons. The van der Waals surface area contributed by atoms with Crippen molar-refractivity contribution in [3.8, 4) is 5.75 Å². The number of hydrogen-bond acceptors (Lipinski definition) is 6. The first kappa shape index (κ1) is 20.1. The molecule has 0 atom stereocenters. The van der Waals surface area contributed by atoms with Crippen LogP contribution in [0.2, 0.25) is 0 Å². The molecule has 0 aliphatic rings. The molecular formula is C23H22N2O4S. The Morgan fingerprint density at radius 3 is 2.77 bits per heavy atom. The lowest BCUT2D eigenvalue weighted by Gasteiger charge is -2.17. The standard InChI is InChI=1S/C23H22N2O4S/c1-4-25(23-24-18-7-5-6-8-20(18)30-23)21(26)12-11-17-14(2)16-10-9-15(28-3)13-19(16)29-22(17)27/h5-10,13H,4,11-12H2,1-3H3. The molecule has 30 heavy (non-hydrogen) atoms. The lowest BCUT2D eigenvalue weighted by molar-refractivity contribution is -0.118. The van der Waals surface area contributed by atoms with E-state index in [1.807, 2.05) is 50.2 Å². The van der Waals surface area contributed by atoms with Crippen LogP contribution in [0.15, 0.2) is 51.7 Å². The highest BCUT2D eigenvalue weighted by Gasteiger charge is 2.20. The maximum absolute atomic E-state index is 12.9. The lowest BCUT2D eigenvalue weighted by atomic mass is 10.0. The molecule has 7 heteroatoms. The summed E-state index contributed by atoms with van der Waals surface area (Å²) in [6.45, 7) is 4.33. The second-order valence-corrected chi connectivity index (χ2v) is 7.97. The zero-order chi connectivity index (χ0) is 21.3. The second kappa shape index (κ2) is 8.28. The molecule has 0 spiro atoms. The van der Waals surface area contributed by atoms with Crippen molar-refractivity contribution in [2.45, 2.75) is 26.7 Å². The van der Waals surface area contributed by atoms with Gasteiger partial charge in [-0.05, 0) is 50.1 Å². The van der Waals surface area contributed by atoms with Gasteiger partial charge in [0, 0.05) is 30.0 Å². The topological polar surface area (TPSA) is 72.6 Å². The van der Waals surface area contributed by atoms with Crippen molar-refractivity contribution >= 4 is 43.6 Å². The van der Waals surface area contributed by atoms with E-state index in [-0.39, 0.29) is 12.3 Å². The summed E-state index contributed by atoms with van der Waals surface area (Å²) in [4.78, 5) is 31.7. The van der Waals surface area contributed by atoms with Gasteiger partial charge >= 0.3 is 5.63 Å². The van der Waals surface area contributed by atoms with Gasteiger partial charge in [0.2, 0.25) is 5.91 Å². The molecule has 0 aliphatic carbocycles. The lowest BCUT2D eigenvalue weighted by Crippen LogP contribution is -2.31. The van der Waals surface area contributed by atoms with Gasteiger partial charge in [0.25, 0.3) is 0 Å². The van der Waals surface area contributed by atoms with Crippen molar-refractivity contribution < 1.29 is 13.9 Å². The van der Waals surface area contributed by atoms with Gasteiger partial charge in [-0.2, -0.15) is 0 Å². The summed E-state index contributed by atoms with van der Waals surface area (Å²) in [6, 6.07) is 13.2. The van der Waals surface area contributed by atoms with Crippen LogP contribution < -0.4 is 15.3 Å². The Morgan fingerprint density at radius 1 is 1.23 bits per heavy atom. The fraction of sp³-hybridized carbons (Fsp3) is 0.261. The van der Waals surface area contributed by atoms with E-state index in [1.165, 1.54) is 11.3 Å². The van der Waals surface area contributed by atoms with Gasteiger partial charge in [-0.15, -0.1) is 0 Å². The highest BCUT2D eigenvalue weighted by atomic mass is 32.1. The fourth-order valence-electron chi connectivity index (χ4n) is 3.55. The van der Waals surface area contributed by atoms with Gasteiger partial charge in [-0.3, -0.25) is 9.69 Å². The van der Waals surface area contributed by atoms with Crippen LogP contribution in [-0.2, 0) is 11.2 Å². The summed E-state index contributed by atoms with van der Waals surface area (Å²) in [5.41, 5.74) is 2.31. The van der Waals surface area contributed by atoms with Crippen LogP contribution in [-0.4, -0.2) is 24.5 Å². The minimum absolute atomic E-state index is 0.0646. The maximum Gasteiger partial charge on any atom is 0.339 e. The van der Waals surface area contributed by atoms with E-state index in [2.05, 4.69) is 4.98 Å². The van der Waals surface area contributed by atoms with Crippen molar-refractivity contribution in [1.82, 2.24) is 4.98 Å². The van der Waals surface area contributed by atoms with Gasteiger partial charge in [0.15, 0.2) is 5.13 Å². The minimum atomic E-state index is -0.413. The molecule has 0 radical (unpaired) electrons. The van der Waals surface area contributed by atoms with Crippen LogP contribution in [0, 0.1) is 6.92 Å². The van der Waals surface area contributed by atoms with E-state index in [0.29, 0.717) is 35.0 Å². The van der Waals surface area contributed by atoms with Crippen LogP contribution in [0.3, 0.4) is 0 Å². The van der Waals surface area contributed by atoms with Gasteiger partial charge < -0.3 is 9.15 Å². The molecule has 0 unspecified atom stereocenters. The number of carbonyl (C=O) groups is 1. The van der Waals surface area contributed by atoms with Crippen molar-refractivity contribution in [3.63, 3.8) is 0 Å². The number of aryl methyl sites for hydroxylation is 1. The number of para-hydroxylation sites is 1. The zero-order valence-electron chi connectivity index (χ0n) is 17.1. The Kier molecular flexibility index (Phi) is 5.55. The predicted octanol–water partition coefficient (Wildman–Crippen LogP) is 4.71. The average molecular weight is 423 g/mol. The molecule has 4 rings (SSSR count). The number of methoxy groups -OCH3 is 1. The highest BCUT2D eigenvalue weighted by molar-refractivity contribution is 7.22. The van der Waals surface area contributed by atoms with Gasteiger partial charge in [0.1, 0.15) is 11.3 Å². The third kappa shape index (κ3) is 3.68. The molecule has 0 aliphatic heterocycles. The number of fused-ring (bicyclic) bond motifs is 2. The number of amides is 1. The van der Waals surface area contributed by atoms with Crippen LogP contribution in [0.5, 0.6) is 5.75 Å². The first-order chi connectivity index (χ1) is 14.5. The quantitative estimate of drug-likeness (QED) is 0.421. The number of ether oxygens (including phenoxy) is 1. The SMILES string of the molecule is CCN(C(=O)CCc1c(C)c2ccc(OC)cc2oc1=O)c1nc2ccccc2s1. The van der Waals surface area contributed by atoms with Gasteiger partial charge in [-0.25, -0.2) is 9.78 Å². The molecule has 0 bridgehead atoms. The van der Waals surface area contributed by atoms with E-state index in [9.17, 15) is 9.59 Å². The molecule has 1 amide bonds. The van der Waals surface area contributed by atoms with Crippen molar-refractivity contribution in [1.29, 1.82) is 0 Å². The summed E-state index contributed by atoms with van der Waals surface area (Å²) in [6.07, 6.45) is 0.521. The molecule has 4 aromatic rings. The Bertz CT molecular complexity index is 1260. The molecule has 0 fully saturated rings. The summed E-state index contributed by atoms with van der Waals surface area (Å²) in [5, 5.41) is 1.52. The molecule has 2 heterocycles. The van der Waals surface area contributed by atoms with Crippen LogP contribution in [0.4, 0.5) is 5.13 Å². The largest absolute Gasteiger partial charge is 0.497 e. The first-order valence-corrected chi connectivity index (χ1v) is 10.6. The van der Waals surface area contributed by atoms with Crippen LogP contribution in [0.25, 0.3) is 21.2 Å². The molecular weight excluding hydrogens is 400 g/mol. The third-order valence-corrected chi connectivity index (χ3v) is 6.27. The van der Waals surface area contributed by atoms with E-state index in [0.717, 1.165) is 21.2 Å². The van der Waals surface area contributed by atoms with E-state index in [4.69, 9.17) is 9.15 Å². The molecule has 6 nitrogen and oxygen atoms in total. The Balaban J connectivity index is 1.58. The summed E-state index contributed by atoms with van der Waals surface area (Å²) >= 11 is 1.49. The molecule has 2 aromatic carbocycles. The van der Waals surface area contributed by atoms with Gasteiger partial charge in [-0.1, -0.05) is 23.5 Å². The predicted molar refractivity (Wildman–Crippen MR) is 120 cm³/mol. The van der Waals surface area contributed by atoms with Crippen LogP contribution in [0.1, 0.15) is 24.5 Å². The number of nitrogens with zero attached hydrogens (tertiary/aromatic N) is 2. The number of thiazole rings is 1. The Hall–Kier alpha value is -3.19. The maximum atomic E-state index is 12.9. The van der Waals surface area contributed by atoms with Crippen LogP contribution >= 0.6 is 11.3 Å². The number of hydrogen-bond donors (Lipinski definition) is 0. The fourth-order valence-corrected chi connectivity index (χ4v) is 4.60. The number of benzene rings is 2. The molecule has 0 saturated carbocycles. The first-order valence-electron chi connectivity index (χ1n) is 9.78. The Morgan fingerprint density at radius 2 is 2.03 bits per heavy atom. The number of carbonyl (C=O) groups excluding carboxylic acids is 1. The highest BCUT2D eigenvalue weighted by Crippen LogP contribution is 2.29. The van der Waals surface area contributed by atoms with E-state index in [1.54, 1.807) is 18.1 Å². The van der Waals surface area contributed by atoms with E-state index >= 15 is 0 Å². The summed E-state index contributed by atoms with van der Waals surface area (Å²) < 4.78 is 11.7. The number of anilines is 1. The molecule has 0 saturated heterocycles. The van der Waals surface area contributed by atoms with Crippen molar-refractivity contribution in [3.05, 3.63) is 64.0 Å². The third-order valence-electron chi connectivity index (χ3n) is 5.21. The number of rotatable bonds is 6. The smallest absolute Gasteiger partial charge is 0.339 e. The Labute approximate surface area is 177 Å². The monoisotopic (exact) mass is 422 g/mol. The summed E-state index contributed by atoms with van der Waals surface area (Å²) in [7, 11) is 1.57. The van der Waals surface area contributed by atoms with E-state index < -0.39 is 5.63 Å². The number of aromatic nitrogens is 1. The molecule has 0 N–H and O–H groups in total. The summed E-state index contributed by atoms with van der Waals surface area (Å²) in [5.74, 6) is 0.563. The zero-order valence-corrected chi connectivity index (χ0v) is 17.9. The average Bonchev–Trinajstić information content (AvgIpc) is 3.17. The molecule has 2 aromatic heterocycles. The van der Waals surface area contributed by atoms with Crippen molar-refractivity contribution in [2.24, 2.45) is 0 Å². The second-order valence-electron chi connectivity index (χ2n) is 6.96. The normalized spacial score (nSPS) is 11.2. The van der Waals surface area contributed by atoms with Gasteiger partial charge in [0.05, 0.1) is 17.3 Å². The minimum Gasteiger partial charge on any atom is -0.497 e. The van der Waals surface area contributed by atoms with Crippen molar-refractivity contribution in [2.75, 3.05) is 18.6 Å².